The van der Waals surface area contributed by atoms with Crippen molar-refractivity contribution in [3.63, 3.8) is 0 Å². The van der Waals surface area contributed by atoms with E-state index in [1.807, 2.05) is 19.9 Å². The van der Waals surface area contributed by atoms with E-state index in [-0.39, 0.29) is 0 Å². The summed E-state index contributed by atoms with van der Waals surface area (Å²) in [5, 5.41) is 5.62. The zero-order chi connectivity index (χ0) is 12.7. The lowest BCUT2D eigenvalue weighted by atomic mass is 10.3. The van der Waals surface area contributed by atoms with Gasteiger partial charge in [-0.05, 0) is 13.8 Å². The molecule has 3 aromatic heterocycles. The predicted octanol–water partition coefficient (Wildman–Crippen LogP) is 2.64. The van der Waals surface area contributed by atoms with E-state index in [1.54, 1.807) is 16.8 Å². The van der Waals surface area contributed by atoms with Gasteiger partial charge in [0, 0.05) is 18.3 Å². The number of hydrogen-bond acceptors (Lipinski definition) is 4. The highest BCUT2D eigenvalue weighted by Gasteiger charge is 2.11. The van der Waals surface area contributed by atoms with E-state index >= 15 is 0 Å². The first-order valence-electron chi connectivity index (χ1n) is 5.63. The van der Waals surface area contributed by atoms with Crippen molar-refractivity contribution in [3.8, 4) is 5.88 Å². The molecule has 3 aromatic rings. The smallest absolute Gasteiger partial charge is 0.226 e. The van der Waals surface area contributed by atoms with Crippen LogP contribution in [0.25, 0.3) is 16.6 Å². The van der Waals surface area contributed by atoms with Crippen molar-refractivity contribution < 1.29 is 4.74 Å². The molecule has 0 spiro atoms. The number of hydrogen-bond donors (Lipinski definition) is 0. The average molecular weight is 263 g/mol. The molecule has 3 rings (SSSR count). The zero-order valence-corrected chi connectivity index (χ0v) is 10.8. The monoisotopic (exact) mass is 262 g/mol. The Morgan fingerprint density at radius 3 is 3.00 bits per heavy atom. The van der Waals surface area contributed by atoms with Gasteiger partial charge in [0.05, 0.1) is 23.2 Å². The van der Waals surface area contributed by atoms with Crippen molar-refractivity contribution in [1.29, 1.82) is 0 Å². The van der Waals surface area contributed by atoms with Crippen LogP contribution >= 0.6 is 11.6 Å². The molecule has 5 nitrogen and oxygen atoms in total. The van der Waals surface area contributed by atoms with Crippen molar-refractivity contribution in [2.45, 2.75) is 13.8 Å². The van der Waals surface area contributed by atoms with Crippen LogP contribution in [0, 0.1) is 6.92 Å². The fourth-order valence-corrected chi connectivity index (χ4v) is 2.07. The molecule has 0 radical (unpaired) electrons. The molecule has 0 N–H and O–H groups in total. The maximum Gasteiger partial charge on any atom is 0.226 e. The number of aromatic nitrogens is 4. The molecule has 0 atom stereocenters. The summed E-state index contributed by atoms with van der Waals surface area (Å²) in [7, 11) is 0. The lowest BCUT2D eigenvalue weighted by Crippen LogP contribution is -2.00. The van der Waals surface area contributed by atoms with Crippen molar-refractivity contribution in [1.82, 2.24) is 19.6 Å². The van der Waals surface area contributed by atoms with Crippen LogP contribution in [0.1, 0.15) is 12.6 Å². The first kappa shape index (κ1) is 11.2. The van der Waals surface area contributed by atoms with E-state index in [1.165, 1.54) is 0 Å². The third-order valence-corrected chi connectivity index (χ3v) is 2.82. The minimum Gasteiger partial charge on any atom is -0.477 e. The molecule has 0 unspecified atom stereocenters. The molecule has 0 aromatic carbocycles. The summed E-state index contributed by atoms with van der Waals surface area (Å²) in [4.78, 5) is 8.51. The minimum atomic E-state index is 0.422. The number of halogens is 1. The molecule has 92 valence electrons. The molecule has 0 aliphatic carbocycles. The molecule has 0 bridgehead atoms. The van der Waals surface area contributed by atoms with E-state index in [0.717, 1.165) is 22.2 Å². The van der Waals surface area contributed by atoms with Gasteiger partial charge in [-0.15, -0.1) is 0 Å². The Balaban J connectivity index is 2.45. The van der Waals surface area contributed by atoms with Gasteiger partial charge in [0.2, 0.25) is 5.88 Å². The lowest BCUT2D eigenvalue weighted by molar-refractivity contribution is 0.332. The van der Waals surface area contributed by atoms with E-state index in [0.29, 0.717) is 17.6 Å². The van der Waals surface area contributed by atoms with Gasteiger partial charge in [-0.25, -0.2) is 9.50 Å². The van der Waals surface area contributed by atoms with Crippen LogP contribution in [0.5, 0.6) is 5.88 Å². The van der Waals surface area contributed by atoms with Crippen LogP contribution in [-0.2, 0) is 0 Å². The van der Waals surface area contributed by atoms with Crippen LogP contribution in [0.15, 0.2) is 18.3 Å². The van der Waals surface area contributed by atoms with Crippen LogP contribution < -0.4 is 4.74 Å². The van der Waals surface area contributed by atoms with Gasteiger partial charge in [-0.2, -0.15) is 10.1 Å². The van der Waals surface area contributed by atoms with Crippen molar-refractivity contribution >= 4 is 28.2 Å². The summed E-state index contributed by atoms with van der Waals surface area (Å²) in [6.07, 6.45) is 1.66. The fraction of sp³-hybridized carbons (Fsp3) is 0.250. The maximum atomic E-state index is 5.94. The van der Waals surface area contributed by atoms with E-state index in [4.69, 9.17) is 16.3 Å². The normalized spacial score (nSPS) is 11.3. The largest absolute Gasteiger partial charge is 0.477 e. The first-order chi connectivity index (χ1) is 8.69. The van der Waals surface area contributed by atoms with Crippen LogP contribution in [-0.4, -0.2) is 26.2 Å². The van der Waals surface area contributed by atoms with Crippen LogP contribution in [0.4, 0.5) is 0 Å². The molecule has 3 heterocycles. The molecule has 0 saturated carbocycles. The quantitative estimate of drug-likeness (QED) is 0.666. The third kappa shape index (κ3) is 1.67. The van der Waals surface area contributed by atoms with Gasteiger partial charge in [0.25, 0.3) is 0 Å². The van der Waals surface area contributed by atoms with Crippen LogP contribution in [0.2, 0.25) is 5.15 Å². The number of nitrogens with zero attached hydrogens (tertiary/aromatic N) is 4. The Morgan fingerprint density at radius 2 is 2.22 bits per heavy atom. The van der Waals surface area contributed by atoms with Gasteiger partial charge in [0.15, 0.2) is 5.65 Å². The predicted molar refractivity (Wildman–Crippen MR) is 69.2 cm³/mol. The van der Waals surface area contributed by atoms with Gasteiger partial charge in [0.1, 0.15) is 5.15 Å². The number of aryl methyl sites for hydroxylation is 1. The topological polar surface area (TPSA) is 52.3 Å². The molecule has 0 aliphatic heterocycles. The molecule has 6 heteroatoms. The van der Waals surface area contributed by atoms with Gasteiger partial charge < -0.3 is 4.74 Å². The first-order valence-corrected chi connectivity index (χ1v) is 6.01. The second kappa shape index (κ2) is 4.10. The number of ether oxygens (including phenoxy) is 1. The van der Waals surface area contributed by atoms with Gasteiger partial charge >= 0.3 is 0 Å². The highest BCUT2D eigenvalue weighted by Crippen LogP contribution is 2.26. The third-order valence-electron chi connectivity index (χ3n) is 2.62. The minimum absolute atomic E-state index is 0.422. The number of fused-ring (bicyclic) bond motifs is 3. The summed E-state index contributed by atoms with van der Waals surface area (Å²) in [6.45, 7) is 4.39. The summed E-state index contributed by atoms with van der Waals surface area (Å²) >= 11 is 5.94. The van der Waals surface area contributed by atoms with Crippen molar-refractivity contribution in [2.24, 2.45) is 0 Å². The Labute approximate surface area is 108 Å². The number of pyridine rings is 1. The summed E-state index contributed by atoms with van der Waals surface area (Å²) < 4.78 is 7.29. The Bertz CT molecular complexity index is 738. The molecule has 0 saturated heterocycles. The molecular formula is C12H11ClN4O. The van der Waals surface area contributed by atoms with E-state index in [9.17, 15) is 0 Å². The van der Waals surface area contributed by atoms with Crippen molar-refractivity contribution in [3.05, 3.63) is 29.2 Å². The van der Waals surface area contributed by atoms with Crippen LogP contribution in [0.3, 0.4) is 0 Å². The number of rotatable bonds is 2. The Morgan fingerprint density at radius 1 is 1.39 bits per heavy atom. The standard InChI is InChI=1S/C12H11ClN4O/c1-3-18-12-8-6-14-10(13)5-9(8)17-11(15-12)4-7(2)16-17/h4-6H,3H2,1-2H3. The van der Waals surface area contributed by atoms with Gasteiger partial charge in [-0.1, -0.05) is 11.6 Å². The second-order valence-corrected chi connectivity index (χ2v) is 4.32. The lowest BCUT2D eigenvalue weighted by Gasteiger charge is -2.07. The Kier molecular flexibility index (Phi) is 2.56. The molecular weight excluding hydrogens is 252 g/mol. The molecule has 0 fully saturated rings. The highest BCUT2D eigenvalue weighted by atomic mass is 35.5. The maximum absolute atomic E-state index is 5.94. The summed E-state index contributed by atoms with van der Waals surface area (Å²) in [5.41, 5.74) is 2.48. The molecule has 0 amide bonds. The fourth-order valence-electron chi connectivity index (χ4n) is 1.91. The van der Waals surface area contributed by atoms with Crippen molar-refractivity contribution in [2.75, 3.05) is 6.61 Å². The van der Waals surface area contributed by atoms with Gasteiger partial charge in [-0.3, -0.25) is 0 Å². The average Bonchev–Trinajstić information content (AvgIpc) is 2.70. The summed E-state index contributed by atoms with van der Waals surface area (Å²) in [6, 6.07) is 3.66. The highest BCUT2D eigenvalue weighted by molar-refractivity contribution is 6.30. The van der Waals surface area contributed by atoms with E-state index < -0.39 is 0 Å². The summed E-state index contributed by atoms with van der Waals surface area (Å²) in [5.74, 6) is 0.559. The molecule has 18 heavy (non-hydrogen) atoms. The SMILES string of the molecule is CCOc1nc2cc(C)nn2c2cc(Cl)ncc12. The van der Waals surface area contributed by atoms with E-state index in [2.05, 4.69) is 15.1 Å². The Hall–Kier alpha value is -1.88. The molecule has 0 aliphatic rings. The second-order valence-electron chi connectivity index (χ2n) is 3.93. The zero-order valence-electron chi connectivity index (χ0n) is 10.0.